The fourth-order valence-electron chi connectivity index (χ4n) is 2.46. The Morgan fingerprint density at radius 3 is 2.48 bits per heavy atom. The van der Waals surface area contributed by atoms with Gasteiger partial charge in [-0.25, -0.2) is 8.42 Å². The summed E-state index contributed by atoms with van der Waals surface area (Å²) in [5.41, 5.74) is 1.54. The lowest BCUT2D eigenvalue weighted by atomic mass is 10.1. The summed E-state index contributed by atoms with van der Waals surface area (Å²) in [6.45, 7) is 2.36. The fourth-order valence-corrected chi connectivity index (χ4v) is 3.23. The van der Waals surface area contributed by atoms with Crippen molar-refractivity contribution in [2.75, 3.05) is 26.5 Å². The number of nitrogens with one attached hydrogen (secondary N) is 1. The van der Waals surface area contributed by atoms with Gasteiger partial charge in [-0.2, -0.15) is 4.31 Å². The van der Waals surface area contributed by atoms with Crippen molar-refractivity contribution in [3.05, 3.63) is 64.7 Å². The van der Waals surface area contributed by atoms with Gasteiger partial charge in [-0.05, 0) is 30.2 Å². The van der Waals surface area contributed by atoms with E-state index in [1.54, 1.807) is 42.5 Å². The zero-order valence-electron chi connectivity index (χ0n) is 15.5. The van der Waals surface area contributed by atoms with E-state index in [2.05, 4.69) is 5.32 Å². The summed E-state index contributed by atoms with van der Waals surface area (Å²) in [7, 11) is -2.16. The molecule has 1 amide bonds. The molecule has 0 fully saturated rings. The standard InChI is InChI=1S/C19H23ClN2O4S/c1-14-9-10-16(13-17(14)20)26-12-11-21-19(23)18(22(2)27(3,24)25)15-7-5-4-6-8-15/h4-10,13,18H,11-12H2,1-3H3,(H,21,23)/t18-/m0/s1. The zero-order valence-corrected chi connectivity index (χ0v) is 17.0. The Morgan fingerprint density at radius 1 is 1.22 bits per heavy atom. The van der Waals surface area contributed by atoms with Gasteiger partial charge in [0.05, 0.1) is 12.8 Å². The fraction of sp³-hybridized carbons (Fsp3) is 0.316. The Morgan fingerprint density at radius 2 is 1.89 bits per heavy atom. The molecule has 8 heteroatoms. The smallest absolute Gasteiger partial charge is 0.243 e. The van der Waals surface area contributed by atoms with Gasteiger partial charge >= 0.3 is 0 Å². The number of carbonyl (C=O) groups excluding carboxylic acids is 1. The molecule has 0 aliphatic carbocycles. The van der Waals surface area contributed by atoms with Gasteiger partial charge in [0.1, 0.15) is 18.4 Å². The molecule has 0 heterocycles. The average molecular weight is 411 g/mol. The van der Waals surface area contributed by atoms with Crippen molar-refractivity contribution >= 4 is 27.5 Å². The molecular weight excluding hydrogens is 388 g/mol. The van der Waals surface area contributed by atoms with Crippen LogP contribution in [0, 0.1) is 6.92 Å². The molecule has 0 aromatic heterocycles. The van der Waals surface area contributed by atoms with E-state index in [9.17, 15) is 13.2 Å². The van der Waals surface area contributed by atoms with E-state index in [1.165, 1.54) is 7.05 Å². The summed E-state index contributed by atoms with van der Waals surface area (Å²) in [5, 5.41) is 3.33. The van der Waals surface area contributed by atoms with Crippen molar-refractivity contribution in [2.24, 2.45) is 0 Å². The Kier molecular flexibility index (Phi) is 7.24. The zero-order chi connectivity index (χ0) is 20.0. The highest BCUT2D eigenvalue weighted by Gasteiger charge is 2.30. The van der Waals surface area contributed by atoms with Crippen LogP contribution in [-0.4, -0.2) is 45.1 Å². The number of halogens is 1. The highest BCUT2D eigenvalue weighted by atomic mass is 35.5. The molecule has 0 radical (unpaired) electrons. The molecule has 0 spiro atoms. The minimum Gasteiger partial charge on any atom is -0.492 e. The largest absolute Gasteiger partial charge is 0.492 e. The molecule has 2 aromatic rings. The molecule has 1 N–H and O–H groups in total. The third-order valence-electron chi connectivity index (χ3n) is 4.06. The minimum absolute atomic E-state index is 0.227. The molecule has 0 aliphatic heterocycles. The summed E-state index contributed by atoms with van der Waals surface area (Å²) in [5.74, 6) is 0.187. The molecule has 6 nitrogen and oxygen atoms in total. The van der Waals surface area contributed by atoms with E-state index in [-0.39, 0.29) is 13.2 Å². The summed E-state index contributed by atoms with van der Waals surface area (Å²) in [4.78, 5) is 12.6. The SMILES string of the molecule is Cc1ccc(OCCNC(=O)[C@H](c2ccccc2)N(C)S(C)(=O)=O)cc1Cl. The average Bonchev–Trinajstić information content (AvgIpc) is 2.62. The second kappa shape index (κ2) is 9.21. The summed E-state index contributed by atoms with van der Waals surface area (Å²) >= 11 is 6.05. The van der Waals surface area contributed by atoms with Crippen molar-refractivity contribution in [1.82, 2.24) is 9.62 Å². The van der Waals surface area contributed by atoms with Crippen LogP contribution in [0.4, 0.5) is 0 Å². The number of ether oxygens (including phenoxy) is 1. The highest BCUT2D eigenvalue weighted by Crippen LogP contribution is 2.23. The van der Waals surface area contributed by atoms with Gasteiger partial charge in [0.15, 0.2) is 0 Å². The minimum atomic E-state index is -3.55. The molecule has 0 aliphatic rings. The van der Waals surface area contributed by atoms with Crippen LogP contribution in [0.25, 0.3) is 0 Å². The van der Waals surface area contributed by atoms with E-state index in [0.717, 1.165) is 16.1 Å². The van der Waals surface area contributed by atoms with Crippen molar-refractivity contribution in [3.63, 3.8) is 0 Å². The van der Waals surface area contributed by atoms with Crippen LogP contribution in [0.3, 0.4) is 0 Å². The molecule has 0 saturated heterocycles. The van der Waals surface area contributed by atoms with Gasteiger partial charge in [-0.1, -0.05) is 48.0 Å². The number of hydrogen-bond donors (Lipinski definition) is 1. The van der Waals surface area contributed by atoms with Crippen LogP contribution in [0.15, 0.2) is 48.5 Å². The topological polar surface area (TPSA) is 75.7 Å². The molecule has 1 atom stereocenters. The number of rotatable bonds is 8. The van der Waals surface area contributed by atoms with Crippen LogP contribution in [-0.2, 0) is 14.8 Å². The second-order valence-electron chi connectivity index (χ2n) is 6.14. The van der Waals surface area contributed by atoms with Crippen LogP contribution in [0.1, 0.15) is 17.2 Å². The third kappa shape index (κ3) is 5.95. The number of nitrogens with zero attached hydrogens (tertiary/aromatic N) is 1. The molecule has 146 valence electrons. The second-order valence-corrected chi connectivity index (χ2v) is 8.59. The first kappa shape index (κ1) is 21.2. The monoisotopic (exact) mass is 410 g/mol. The summed E-state index contributed by atoms with van der Waals surface area (Å²) in [6.07, 6.45) is 1.07. The number of amides is 1. The van der Waals surface area contributed by atoms with E-state index in [0.29, 0.717) is 16.3 Å². The van der Waals surface area contributed by atoms with Crippen LogP contribution < -0.4 is 10.1 Å². The number of likely N-dealkylation sites (N-methyl/N-ethyl adjacent to an activating group) is 1. The number of sulfonamides is 1. The van der Waals surface area contributed by atoms with E-state index in [1.807, 2.05) is 13.0 Å². The van der Waals surface area contributed by atoms with E-state index >= 15 is 0 Å². The predicted octanol–water partition coefficient (Wildman–Crippen LogP) is 2.78. The number of aryl methyl sites for hydroxylation is 1. The van der Waals surface area contributed by atoms with Crippen molar-refractivity contribution in [1.29, 1.82) is 0 Å². The summed E-state index contributed by atoms with van der Waals surface area (Å²) < 4.78 is 30.5. The van der Waals surface area contributed by atoms with Crippen molar-refractivity contribution in [3.8, 4) is 5.75 Å². The molecule has 27 heavy (non-hydrogen) atoms. The lowest BCUT2D eigenvalue weighted by molar-refractivity contribution is -0.124. The first-order valence-corrected chi connectivity index (χ1v) is 10.6. The summed E-state index contributed by atoms with van der Waals surface area (Å²) in [6, 6.07) is 13.2. The highest BCUT2D eigenvalue weighted by molar-refractivity contribution is 7.88. The maximum absolute atomic E-state index is 12.6. The normalized spacial score (nSPS) is 12.6. The van der Waals surface area contributed by atoms with Crippen molar-refractivity contribution < 1.29 is 17.9 Å². The van der Waals surface area contributed by atoms with E-state index in [4.69, 9.17) is 16.3 Å². The van der Waals surface area contributed by atoms with Gasteiger partial charge in [0.25, 0.3) is 0 Å². The van der Waals surface area contributed by atoms with E-state index < -0.39 is 22.0 Å². The number of benzene rings is 2. The maximum atomic E-state index is 12.6. The predicted molar refractivity (Wildman–Crippen MR) is 106 cm³/mol. The number of hydrogen-bond acceptors (Lipinski definition) is 4. The molecule has 2 rings (SSSR count). The van der Waals surface area contributed by atoms with Gasteiger partial charge < -0.3 is 10.1 Å². The first-order chi connectivity index (χ1) is 12.7. The molecule has 0 saturated carbocycles. The van der Waals surface area contributed by atoms with Gasteiger partial charge in [0.2, 0.25) is 15.9 Å². The maximum Gasteiger partial charge on any atom is 0.243 e. The van der Waals surface area contributed by atoms with Gasteiger partial charge in [-0.15, -0.1) is 0 Å². The Labute approximate surface area is 165 Å². The van der Waals surface area contributed by atoms with Crippen LogP contribution in [0.5, 0.6) is 5.75 Å². The lowest BCUT2D eigenvalue weighted by Crippen LogP contribution is -2.42. The third-order valence-corrected chi connectivity index (χ3v) is 5.73. The molecular formula is C19H23ClN2O4S. The molecule has 0 unspecified atom stereocenters. The van der Waals surface area contributed by atoms with Crippen LogP contribution in [0.2, 0.25) is 5.02 Å². The van der Waals surface area contributed by atoms with Gasteiger partial charge in [0, 0.05) is 12.1 Å². The lowest BCUT2D eigenvalue weighted by Gasteiger charge is -2.25. The van der Waals surface area contributed by atoms with Crippen molar-refractivity contribution in [2.45, 2.75) is 13.0 Å². The quantitative estimate of drug-likeness (QED) is 0.679. The Bertz CT molecular complexity index is 888. The molecule has 2 aromatic carbocycles. The Hall–Kier alpha value is -2.09. The number of carbonyl (C=O) groups is 1. The van der Waals surface area contributed by atoms with Crippen LogP contribution >= 0.6 is 11.6 Å². The van der Waals surface area contributed by atoms with Gasteiger partial charge in [-0.3, -0.25) is 4.79 Å². The Balaban J connectivity index is 2.00. The first-order valence-electron chi connectivity index (χ1n) is 8.35. The molecule has 0 bridgehead atoms.